The number of ether oxygens (including phenoxy) is 1. The summed E-state index contributed by atoms with van der Waals surface area (Å²) in [5, 5.41) is 0.0396. The first-order chi connectivity index (χ1) is 10.1. The molecule has 2 aliphatic heterocycles. The third kappa shape index (κ3) is 2.59. The highest BCUT2D eigenvalue weighted by Gasteiger charge is 2.37. The Balaban J connectivity index is 1.85. The van der Waals surface area contributed by atoms with Gasteiger partial charge in [0.2, 0.25) is 5.91 Å². The summed E-state index contributed by atoms with van der Waals surface area (Å²) in [6, 6.07) is 7.81. The lowest BCUT2D eigenvalue weighted by Crippen LogP contribution is -2.53. The van der Waals surface area contributed by atoms with Crippen molar-refractivity contribution >= 4 is 16.7 Å². The van der Waals surface area contributed by atoms with Gasteiger partial charge in [0.15, 0.2) is 0 Å². The molecule has 0 saturated carbocycles. The zero-order valence-electron chi connectivity index (χ0n) is 12.5. The van der Waals surface area contributed by atoms with Crippen molar-refractivity contribution in [2.45, 2.75) is 37.5 Å². The molecule has 4 nitrogen and oxygen atoms in total. The first-order valence-electron chi connectivity index (χ1n) is 7.49. The van der Waals surface area contributed by atoms with Crippen molar-refractivity contribution in [2.75, 3.05) is 18.9 Å². The molecule has 1 aromatic carbocycles. The second kappa shape index (κ2) is 5.79. The Labute approximate surface area is 127 Å². The summed E-state index contributed by atoms with van der Waals surface area (Å²) < 4.78 is 17.5. The molecule has 0 radical (unpaired) electrons. The Morgan fingerprint density at radius 2 is 2.10 bits per heavy atom. The van der Waals surface area contributed by atoms with E-state index < -0.39 is 10.8 Å². The highest BCUT2D eigenvalue weighted by atomic mass is 32.2. The zero-order chi connectivity index (χ0) is 15.0. The highest BCUT2D eigenvalue weighted by molar-refractivity contribution is 7.85. The monoisotopic (exact) mass is 307 g/mol. The first kappa shape index (κ1) is 14.6. The molecule has 1 fully saturated rings. The number of amides is 1. The van der Waals surface area contributed by atoms with Gasteiger partial charge in [0.05, 0.1) is 17.8 Å². The number of rotatable bonds is 1. The Hall–Kier alpha value is -1.36. The van der Waals surface area contributed by atoms with Gasteiger partial charge in [0.1, 0.15) is 5.75 Å². The van der Waals surface area contributed by atoms with Crippen molar-refractivity contribution in [3.63, 3.8) is 0 Å². The average Bonchev–Trinajstić information content (AvgIpc) is 2.51. The summed E-state index contributed by atoms with van der Waals surface area (Å²) in [7, 11) is -0.821. The van der Waals surface area contributed by atoms with Crippen LogP contribution < -0.4 is 4.74 Å². The molecule has 4 atom stereocenters. The van der Waals surface area contributed by atoms with Gasteiger partial charge in [-0.15, -0.1) is 0 Å². The van der Waals surface area contributed by atoms with Crippen LogP contribution in [0.4, 0.5) is 0 Å². The van der Waals surface area contributed by atoms with Crippen LogP contribution in [-0.4, -0.2) is 45.2 Å². The van der Waals surface area contributed by atoms with Crippen molar-refractivity contribution in [1.82, 2.24) is 4.90 Å². The van der Waals surface area contributed by atoms with E-state index in [1.54, 1.807) is 0 Å². The van der Waals surface area contributed by atoms with Gasteiger partial charge < -0.3 is 9.64 Å². The number of hydrogen-bond donors (Lipinski definition) is 0. The molecule has 21 heavy (non-hydrogen) atoms. The van der Waals surface area contributed by atoms with E-state index in [9.17, 15) is 9.00 Å². The van der Waals surface area contributed by atoms with E-state index in [1.807, 2.05) is 43.0 Å². The third-order valence-corrected chi connectivity index (χ3v) is 6.47. The summed E-state index contributed by atoms with van der Waals surface area (Å²) in [6.07, 6.45) is 0.719. The Kier molecular flexibility index (Phi) is 4.02. The molecule has 0 aromatic heterocycles. The van der Waals surface area contributed by atoms with E-state index in [1.165, 1.54) is 0 Å². The van der Waals surface area contributed by atoms with Crippen LogP contribution in [0.25, 0.3) is 0 Å². The van der Waals surface area contributed by atoms with Crippen LogP contribution in [0, 0.1) is 0 Å². The number of nitrogens with zero attached hydrogens (tertiary/aromatic N) is 1. The minimum atomic E-state index is -0.821. The lowest BCUT2D eigenvalue weighted by atomic mass is 9.91. The van der Waals surface area contributed by atoms with E-state index in [0.29, 0.717) is 18.9 Å². The molecule has 5 heteroatoms. The number of para-hydroxylation sites is 1. The van der Waals surface area contributed by atoms with Crippen LogP contribution in [0.15, 0.2) is 24.3 Å². The normalized spacial score (nSPS) is 32.2. The van der Waals surface area contributed by atoms with Crippen molar-refractivity contribution in [2.24, 2.45) is 0 Å². The van der Waals surface area contributed by atoms with Gasteiger partial charge >= 0.3 is 0 Å². The van der Waals surface area contributed by atoms with Crippen molar-refractivity contribution < 1.29 is 13.7 Å². The Bertz CT molecular complexity index is 574. The first-order valence-corrected chi connectivity index (χ1v) is 8.87. The average molecular weight is 307 g/mol. The van der Waals surface area contributed by atoms with Gasteiger partial charge in [0, 0.05) is 34.7 Å². The molecule has 2 aliphatic rings. The second-order valence-electron chi connectivity index (χ2n) is 5.79. The molecule has 0 bridgehead atoms. The smallest absolute Gasteiger partial charge is 0.230 e. The minimum absolute atomic E-state index is 0.0297. The lowest BCUT2D eigenvalue weighted by Gasteiger charge is -2.40. The van der Waals surface area contributed by atoms with E-state index >= 15 is 0 Å². The number of carbonyl (C=O) groups is 1. The maximum absolute atomic E-state index is 12.9. The maximum Gasteiger partial charge on any atom is 0.230 e. The molecule has 0 spiro atoms. The molecular formula is C16H21NO3S. The predicted octanol–water partition coefficient (Wildman–Crippen LogP) is 1.92. The summed E-state index contributed by atoms with van der Waals surface area (Å²) in [5.41, 5.74) is 0.986. The molecule has 4 unspecified atom stereocenters. The van der Waals surface area contributed by atoms with E-state index in [0.717, 1.165) is 17.7 Å². The molecule has 0 N–H and O–H groups in total. The summed E-state index contributed by atoms with van der Waals surface area (Å²) in [4.78, 5) is 14.9. The topological polar surface area (TPSA) is 46.6 Å². The molecule has 0 aliphatic carbocycles. The van der Waals surface area contributed by atoms with Crippen molar-refractivity contribution in [1.29, 1.82) is 0 Å². The molecule has 3 rings (SSSR count). The Morgan fingerprint density at radius 3 is 2.90 bits per heavy atom. The SMILES string of the molecule is CC1C(C)S(=O)CCN1C(=O)C1CCOc2ccccc21. The zero-order valence-corrected chi connectivity index (χ0v) is 13.3. The number of benzene rings is 1. The fourth-order valence-electron chi connectivity index (χ4n) is 3.16. The number of carbonyl (C=O) groups excluding carboxylic acids is 1. The van der Waals surface area contributed by atoms with Gasteiger partial charge in [-0.1, -0.05) is 18.2 Å². The van der Waals surface area contributed by atoms with Gasteiger partial charge in [0.25, 0.3) is 0 Å². The van der Waals surface area contributed by atoms with E-state index in [4.69, 9.17) is 4.74 Å². The van der Waals surface area contributed by atoms with Crippen LogP contribution >= 0.6 is 0 Å². The van der Waals surface area contributed by atoms with Crippen LogP contribution in [0.3, 0.4) is 0 Å². The minimum Gasteiger partial charge on any atom is -0.493 e. The van der Waals surface area contributed by atoms with Gasteiger partial charge in [-0.3, -0.25) is 9.00 Å². The summed E-state index contributed by atoms with van der Waals surface area (Å²) in [6.45, 7) is 5.15. The van der Waals surface area contributed by atoms with Crippen LogP contribution in [0.2, 0.25) is 0 Å². The molecule has 2 heterocycles. The third-order valence-electron chi connectivity index (χ3n) is 4.66. The molecule has 1 amide bonds. The lowest BCUT2D eigenvalue weighted by molar-refractivity contribution is -0.135. The van der Waals surface area contributed by atoms with E-state index in [-0.39, 0.29) is 23.1 Å². The van der Waals surface area contributed by atoms with Crippen LogP contribution in [0.5, 0.6) is 5.75 Å². The molecule has 114 valence electrons. The fourth-order valence-corrected chi connectivity index (χ4v) is 4.50. The van der Waals surface area contributed by atoms with Gasteiger partial charge in [-0.2, -0.15) is 0 Å². The summed E-state index contributed by atoms with van der Waals surface area (Å²) >= 11 is 0. The predicted molar refractivity (Wildman–Crippen MR) is 82.9 cm³/mol. The number of fused-ring (bicyclic) bond motifs is 1. The standard InChI is InChI=1S/C16H21NO3S/c1-11-12(2)21(19)10-8-17(11)16(18)14-7-9-20-15-6-4-3-5-13(14)15/h3-6,11-12,14H,7-10H2,1-2H3. The van der Waals surface area contributed by atoms with Crippen LogP contribution in [0.1, 0.15) is 31.7 Å². The molecule has 1 saturated heterocycles. The quantitative estimate of drug-likeness (QED) is 0.796. The molecular weight excluding hydrogens is 286 g/mol. The van der Waals surface area contributed by atoms with E-state index in [2.05, 4.69) is 0 Å². The fraction of sp³-hybridized carbons (Fsp3) is 0.562. The van der Waals surface area contributed by atoms with Crippen LogP contribution in [-0.2, 0) is 15.6 Å². The van der Waals surface area contributed by atoms with Crippen molar-refractivity contribution in [3.8, 4) is 5.75 Å². The highest BCUT2D eigenvalue weighted by Crippen LogP contribution is 2.35. The van der Waals surface area contributed by atoms with Gasteiger partial charge in [-0.05, 0) is 26.3 Å². The Morgan fingerprint density at radius 1 is 1.33 bits per heavy atom. The summed E-state index contributed by atoms with van der Waals surface area (Å²) in [5.74, 6) is 1.43. The maximum atomic E-state index is 12.9. The molecule has 1 aromatic rings. The number of hydrogen-bond acceptors (Lipinski definition) is 3. The second-order valence-corrected chi connectivity index (χ2v) is 7.70. The van der Waals surface area contributed by atoms with Gasteiger partial charge in [-0.25, -0.2) is 0 Å². The largest absolute Gasteiger partial charge is 0.493 e. The van der Waals surface area contributed by atoms with Crippen molar-refractivity contribution in [3.05, 3.63) is 29.8 Å².